The second kappa shape index (κ2) is 9.15. The molecule has 1 aliphatic heterocycles. The summed E-state index contributed by atoms with van der Waals surface area (Å²) in [5.41, 5.74) is 2.34. The maximum atomic E-state index is 11.7. The number of hydrogen-bond acceptors (Lipinski definition) is 3. The number of carbonyl (C=O) groups is 1. The molecule has 1 saturated heterocycles. The Bertz CT molecular complexity index is 545. The number of aliphatic imine (C=N–C) groups is 1. The molecule has 2 N–H and O–H groups in total. The van der Waals surface area contributed by atoms with E-state index in [1.165, 1.54) is 11.1 Å². The SMILES string of the molecule is CN=C(NCCOC)NCc1cccc(CN2CCCC2=O)c1. The molecule has 1 aliphatic rings. The third kappa shape index (κ3) is 5.56. The molecule has 6 heteroatoms. The predicted octanol–water partition coefficient (Wildman–Crippen LogP) is 1.12. The minimum Gasteiger partial charge on any atom is -0.383 e. The molecule has 0 spiro atoms. The van der Waals surface area contributed by atoms with Crippen LogP contribution < -0.4 is 10.6 Å². The van der Waals surface area contributed by atoms with Crippen molar-refractivity contribution in [1.29, 1.82) is 0 Å². The van der Waals surface area contributed by atoms with Crippen molar-refractivity contribution >= 4 is 11.9 Å². The molecule has 1 amide bonds. The fourth-order valence-corrected chi connectivity index (χ4v) is 2.61. The van der Waals surface area contributed by atoms with Crippen molar-refractivity contribution < 1.29 is 9.53 Å². The van der Waals surface area contributed by atoms with E-state index in [2.05, 4.69) is 33.8 Å². The molecule has 0 radical (unpaired) electrons. The quantitative estimate of drug-likeness (QED) is 0.449. The van der Waals surface area contributed by atoms with Gasteiger partial charge >= 0.3 is 0 Å². The van der Waals surface area contributed by atoms with Gasteiger partial charge < -0.3 is 20.3 Å². The first kappa shape index (κ1) is 17.3. The Kier molecular flexibility index (Phi) is 6.87. The van der Waals surface area contributed by atoms with Crippen LogP contribution in [-0.2, 0) is 22.6 Å². The standard InChI is InChI=1S/C17H26N4O2/c1-18-17(19-8-10-23-2)20-12-14-5-3-6-15(11-14)13-21-9-4-7-16(21)22/h3,5-6,11H,4,7-10,12-13H2,1-2H3,(H2,18,19,20). The highest BCUT2D eigenvalue weighted by Crippen LogP contribution is 2.15. The second-order valence-electron chi connectivity index (χ2n) is 5.58. The number of carbonyl (C=O) groups excluding carboxylic acids is 1. The summed E-state index contributed by atoms with van der Waals surface area (Å²) in [6.45, 7) is 3.62. The third-order valence-electron chi connectivity index (χ3n) is 3.82. The van der Waals surface area contributed by atoms with Gasteiger partial charge in [-0.05, 0) is 17.5 Å². The van der Waals surface area contributed by atoms with Crippen molar-refractivity contribution in [2.75, 3.05) is 33.9 Å². The Morgan fingerprint density at radius 2 is 2.17 bits per heavy atom. The molecule has 126 valence electrons. The summed E-state index contributed by atoms with van der Waals surface area (Å²) in [4.78, 5) is 17.8. The fraction of sp³-hybridized carbons (Fsp3) is 0.529. The monoisotopic (exact) mass is 318 g/mol. The normalized spacial score (nSPS) is 15.1. The zero-order valence-corrected chi connectivity index (χ0v) is 14.0. The van der Waals surface area contributed by atoms with Crippen LogP contribution in [0.3, 0.4) is 0 Å². The van der Waals surface area contributed by atoms with Crippen LogP contribution in [0.5, 0.6) is 0 Å². The number of nitrogens with zero attached hydrogens (tertiary/aromatic N) is 2. The van der Waals surface area contributed by atoms with Gasteiger partial charge in [-0.25, -0.2) is 0 Å². The van der Waals surface area contributed by atoms with Gasteiger partial charge in [-0.3, -0.25) is 9.79 Å². The lowest BCUT2D eigenvalue weighted by Crippen LogP contribution is -2.38. The maximum absolute atomic E-state index is 11.7. The van der Waals surface area contributed by atoms with Gasteiger partial charge in [0.05, 0.1) is 6.61 Å². The van der Waals surface area contributed by atoms with Crippen LogP contribution in [-0.4, -0.2) is 50.6 Å². The highest BCUT2D eigenvalue weighted by Gasteiger charge is 2.19. The molecule has 0 aromatic heterocycles. The molecule has 0 bridgehead atoms. The largest absolute Gasteiger partial charge is 0.383 e. The first-order chi connectivity index (χ1) is 11.2. The van der Waals surface area contributed by atoms with Gasteiger partial charge in [0.25, 0.3) is 0 Å². The molecular weight excluding hydrogens is 292 g/mol. The molecular formula is C17H26N4O2. The van der Waals surface area contributed by atoms with Crippen LogP contribution in [0, 0.1) is 0 Å². The lowest BCUT2D eigenvalue weighted by atomic mass is 10.1. The van der Waals surface area contributed by atoms with Gasteiger partial charge in [0.15, 0.2) is 5.96 Å². The second-order valence-corrected chi connectivity index (χ2v) is 5.58. The van der Waals surface area contributed by atoms with Crippen molar-refractivity contribution in [3.05, 3.63) is 35.4 Å². The molecule has 0 unspecified atom stereocenters. The van der Waals surface area contributed by atoms with Crippen LogP contribution in [0.15, 0.2) is 29.3 Å². The van der Waals surface area contributed by atoms with Crippen LogP contribution in [0.4, 0.5) is 0 Å². The molecule has 6 nitrogen and oxygen atoms in total. The highest BCUT2D eigenvalue weighted by atomic mass is 16.5. The summed E-state index contributed by atoms with van der Waals surface area (Å²) in [6, 6.07) is 8.32. The van der Waals surface area contributed by atoms with E-state index >= 15 is 0 Å². The van der Waals surface area contributed by atoms with Crippen molar-refractivity contribution in [3.8, 4) is 0 Å². The number of ether oxygens (including phenoxy) is 1. The number of hydrogen-bond donors (Lipinski definition) is 2. The Hall–Kier alpha value is -2.08. The number of amides is 1. The molecule has 1 heterocycles. The van der Waals surface area contributed by atoms with Gasteiger partial charge in [0, 0.05) is 46.8 Å². The number of benzene rings is 1. The van der Waals surface area contributed by atoms with Crippen molar-refractivity contribution in [2.45, 2.75) is 25.9 Å². The van der Waals surface area contributed by atoms with E-state index in [4.69, 9.17) is 4.74 Å². The summed E-state index contributed by atoms with van der Waals surface area (Å²) in [6.07, 6.45) is 1.66. The topological polar surface area (TPSA) is 66.0 Å². The zero-order chi connectivity index (χ0) is 16.5. The first-order valence-corrected chi connectivity index (χ1v) is 8.02. The Morgan fingerprint density at radius 3 is 2.87 bits per heavy atom. The van der Waals surface area contributed by atoms with E-state index in [0.717, 1.165) is 18.9 Å². The molecule has 1 aromatic rings. The third-order valence-corrected chi connectivity index (χ3v) is 3.82. The minimum absolute atomic E-state index is 0.260. The minimum atomic E-state index is 0.260. The van der Waals surface area contributed by atoms with E-state index < -0.39 is 0 Å². The fourth-order valence-electron chi connectivity index (χ4n) is 2.61. The van der Waals surface area contributed by atoms with Crippen molar-refractivity contribution in [3.63, 3.8) is 0 Å². The van der Waals surface area contributed by atoms with Gasteiger partial charge in [0.1, 0.15) is 0 Å². The summed E-state index contributed by atoms with van der Waals surface area (Å²) in [7, 11) is 3.42. The Balaban J connectivity index is 1.85. The summed E-state index contributed by atoms with van der Waals surface area (Å²) >= 11 is 0. The van der Waals surface area contributed by atoms with Crippen LogP contribution >= 0.6 is 0 Å². The molecule has 1 aromatic carbocycles. The Morgan fingerprint density at radius 1 is 1.35 bits per heavy atom. The van der Waals surface area contributed by atoms with Gasteiger partial charge in [-0.15, -0.1) is 0 Å². The molecule has 23 heavy (non-hydrogen) atoms. The van der Waals surface area contributed by atoms with Gasteiger partial charge in [0.2, 0.25) is 5.91 Å². The maximum Gasteiger partial charge on any atom is 0.222 e. The van der Waals surface area contributed by atoms with Crippen molar-refractivity contribution in [2.24, 2.45) is 4.99 Å². The first-order valence-electron chi connectivity index (χ1n) is 8.02. The summed E-state index contributed by atoms with van der Waals surface area (Å²) < 4.78 is 5.01. The summed E-state index contributed by atoms with van der Waals surface area (Å²) in [5, 5.41) is 6.46. The highest BCUT2D eigenvalue weighted by molar-refractivity contribution is 5.79. The number of rotatable bonds is 7. The number of guanidine groups is 1. The average molecular weight is 318 g/mol. The number of nitrogens with one attached hydrogen (secondary N) is 2. The average Bonchev–Trinajstić information content (AvgIpc) is 2.96. The van der Waals surface area contributed by atoms with Crippen LogP contribution in [0.1, 0.15) is 24.0 Å². The molecule has 0 saturated carbocycles. The van der Waals surface area contributed by atoms with Gasteiger partial charge in [-0.1, -0.05) is 24.3 Å². The Labute approximate surface area is 137 Å². The van der Waals surface area contributed by atoms with E-state index in [-0.39, 0.29) is 5.91 Å². The van der Waals surface area contributed by atoms with E-state index in [0.29, 0.717) is 32.7 Å². The van der Waals surface area contributed by atoms with Crippen molar-refractivity contribution in [1.82, 2.24) is 15.5 Å². The molecule has 0 atom stereocenters. The number of likely N-dealkylation sites (tertiary alicyclic amines) is 1. The van der Waals surface area contributed by atoms with E-state index in [1.807, 2.05) is 11.0 Å². The lowest BCUT2D eigenvalue weighted by Gasteiger charge is -2.16. The van der Waals surface area contributed by atoms with Crippen LogP contribution in [0.25, 0.3) is 0 Å². The number of methoxy groups -OCH3 is 1. The predicted molar refractivity (Wildman–Crippen MR) is 91.2 cm³/mol. The smallest absolute Gasteiger partial charge is 0.222 e. The lowest BCUT2D eigenvalue weighted by molar-refractivity contribution is -0.128. The molecule has 1 fully saturated rings. The van der Waals surface area contributed by atoms with E-state index in [1.54, 1.807) is 14.2 Å². The zero-order valence-electron chi connectivity index (χ0n) is 14.0. The summed E-state index contributed by atoms with van der Waals surface area (Å²) in [5.74, 6) is 1.01. The molecule has 0 aliphatic carbocycles. The van der Waals surface area contributed by atoms with Crippen LogP contribution in [0.2, 0.25) is 0 Å². The molecule has 2 rings (SSSR count). The van der Waals surface area contributed by atoms with Gasteiger partial charge in [-0.2, -0.15) is 0 Å². The van der Waals surface area contributed by atoms with E-state index in [9.17, 15) is 4.79 Å².